The normalized spacial score (nSPS) is 13.5. The molecular formula is C25H32N6O3S. The van der Waals surface area contributed by atoms with E-state index in [1.54, 1.807) is 23.4 Å². The molecule has 4 rings (SSSR count). The van der Waals surface area contributed by atoms with E-state index < -0.39 is 5.91 Å². The minimum Gasteiger partial charge on any atom is -0.354 e. The molecule has 0 aliphatic heterocycles. The summed E-state index contributed by atoms with van der Waals surface area (Å²) < 4.78 is 1.47. The summed E-state index contributed by atoms with van der Waals surface area (Å²) in [7, 11) is 5.46. The van der Waals surface area contributed by atoms with Gasteiger partial charge in [0.2, 0.25) is 5.91 Å². The number of anilines is 3. The molecule has 0 radical (unpaired) electrons. The van der Waals surface area contributed by atoms with Gasteiger partial charge in [-0.25, -0.2) is 14.3 Å². The Morgan fingerprint density at radius 1 is 1.14 bits per heavy atom. The van der Waals surface area contributed by atoms with Gasteiger partial charge in [0, 0.05) is 50.1 Å². The lowest BCUT2D eigenvalue weighted by atomic mass is 9.91. The minimum absolute atomic E-state index is 0.00820. The Labute approximate surface area is 209 Å². The molecule has 2 aromatic heterocycles. The summed E-state index contributed by atoms with van der Waals surface area (Å²) in [6.45, 7) is 6.07. The number of nitrogens with zero attached hydrogens (tertiary/aromatic N) is 4. The average Bonchev–Trinajstić information content (AvgIpc) is 3.30. The topological polar surface area (TPSA) is 99.6 Å². The molecule has 0 saturated heterocycles. The second kappa shape index (κ2) is 9.33. The van der Waals surface area contributed by atoms with Gasteiger partial charge >= 0.3 is 6.03 Å². The van der Waals surface area contributed by atoms with Crippen molar-refractivity contribution in [2.75, 3.05) is 36.3 Å². The van der Waals surface area contributed by atoms with Crippen LogP contribution in [0.4, 0.5) is 21.4 Å². The highest BCUT2D eigenvalue weighted by molar-refractivity contribution is 7.13. The molecule has 0 spiro atoms. The number of carbonyl (C=O) groups excluding carboxylic acids is 3. The van der Waals surface area contributed by atoms with Crippen molar-refractivity contribution in [2.45, 2.75) is 46.1 Å². The van der Waals surface area contributed by atoms with Gasteiger partial charge in [-0.05, 0) is 36.5 Å². The van der Waals surface area contributed by atoms with Crippen molar-refractivity contribution in [2.24, 2.45) is 5.41 Å². The number of carbonyl (C=O) groups is 3. The van der Waals surface area contributed by atoms with Crippen molar-refractivity contribution >= 4 is 56.7 Å². The molecule has 0 bridgehead atoms. The van der Waals surface area contributed by atoms with Gasteiger partial charge < -0.3 is 20.4 Å². The number of rotatable bonds is 6. The largest absolute Gasteiger partial charge is 0.354 e. The van der Waals surface area contributed by atoms with Gasteiger partial charge in [-0.15, -0.1) is 11.3 Å². The van der Waals surface area contributed by atoms with Crippen LogP contribution in [0, 0.1) is 5.41 Å². The minimum atomic E-state index is -0.393. The van der Waals surface area contributed by atoms with E-state index in [1.807, 2.05) is 58.0 Å². The van der Waals surface area contributed by atoms with E-state index in [9.17, 15) is 14.4 Å². The maximum Gasteiger partial charge on any atom is 0.327 e. The third kappa shape index (κ3) is 5.64. The monoisotopic (exact) mass is 496 g/mol. The van der Waals surface area contributed by atoms with Gasteiger partial charge in [0.25, 0.3) is 5.91 Å². The zero-order chi connectivity index (χ0) is 25.5. The summed E-state index contributed by atoms with van der Waals surface area (Å²) in [5.74, 6) is -0.0511. The third-order valence-corrected chi connectivity index (χ3v) is 6.70. The predicted molar refractivity (Wildman–Crippen MR) is 141 cm³/mol. The van der Waals surface area contributed by atoms with Crippen LogP contribution in [0.1, 0.15) is 50.5 Å². The van der Waals surface area contributed by atoms with Gasteiger partial charge in [-0.3, -0.25) is 9.59 Å². The highest BCUT2D eigenvalue weighted by Crippen LogP contribution is 2.30. The second-order valence-corrected chi connectivity index (χ2v) is 11.2. The van der Waals surface area contributed by atoms with E-state index in [1.165, 1.54) is 15.9 Å². The fourth-order valence-electron chi connectivity index (χ4n) is 3.65. The first-order valence-electron chi connectivity index (χ1n) is 11.6. The number of benzene rings is 1. The number of aromatic nitrogens is 2. The summed E-state index contributed by atoms with van der Waals surface area (Å²) in [4.78, 5) is 46.8. The van der Waals surface area contributed by atoms with Crippen LogP contribution in [0.15, 0.2) is 29.6 Å². The molecule has 35 heavy (non-hydrogen) atoms. The second-order valence-electron chi connectivity index (χ2n) is 10.4. The van der Waals surface area contributed by atoms with Crippen LogP contribution < -0.4 is 20.4 Å². The van der Waals surface area contributed by atoms with E-state index in [0.29, 0.717) is 23.4 Å². The first-order valence-corrected chi connectivity index (χ1v) is 12.5. The molecule has 1 aromatic carbocycles. The highest BCUT2D eigenvalue weighted by atomic mass is 32.1. The number of amides is 3. The van der Waals surface area contributed by atoms with Crippen LogP contribution in [0.25, 0.3) is 10.9 Å². The fourth-order valence-corrected chi connectivity index (χ4v) is 4.38. The zero-order valence-electron chi connectivity index (χ0n) is 21.0. The predicted octanol–water partition coefficient (Wildman–Crippen LogP) is 4.54. The number of nitrogens with one attached hydrogen (secondary N) is 2. The Morgan fingerprint density at radius 2 is 1.86 bits per heavy atom. The van der Waals surface area contributed by atoms with Gasteiger partial charge in [-0.2, -0.15) is 0 Å². The first-order chi connectivity index (χ1) is 16.4. The summed E-state index contributed by atoms with van der Waals surface area (Å²) in [5.41, 5.74) is 1.43. The van der Waals surface area contributed by atoms with Crippen molar-refractivity contribution in [1.29, 1.82) is 0 Å². The number of thiazole rings is 1. The van der Waals surface area contributed by atoms with E-state index in [2.05, 4.69) is 15.6 Å². The Hall–Kier alpha value is -3.40. The van der Waals surface area contributed by atoms with Crippen LogP contribution in [0.2, 0.25) is 0 Å². The van der Waals surface area contributed by atoms with Crippen LogP contribution in [0.3, 0.4) is 0 Å². The van der Waals surface area contributed by atoms with Crippen molar-refractivity contribution in [1.82, 2.24) is 14.9 Å². The summed E-state index contributed by atoms with van der Waals surface area (Å²) in [5, 5.41) is 9.03. The van der Waals surface area contributed by atoms with Crippen molar-refractivity contribution in [3.05, 3.63) is 35.3 Å². The SMILES string of the molecule is CN(C)c1nc(C(=O)Nc2cc3ccc(N(C)C(=O)CC(C)(C)C)cc3n2C(=O)NC2CC2)cs1. The van der Waals surface area contributed by atoms with Crippen LogP contribution >= 0.6 is 11.3 Å². The Morgan fingerprint density at radius 3 is 2.46 bits per heavy atom. The maximum atomic E-state index is 13.2. The molecule has 1 saturated carbocycles. The Kier molecular flexibility index (Phi) is 6.59. The molecular weight excluding hydrogens is 464 g/mol. The summed E-state index contributed by atoms with van der Waals surface area (Å²) >= 11 is 1.37. The van der Waals surface area contributed by atoms with Crippen LogP contribution in [-0.2, 0) is 4.79 Å². The Bertz CT molecular complexity index is 1280. The summed E-state index contributed by atoms with van der Waals surface area (Å²) in [6.07, 6.45) is 2.27. The van der Waals surface area contributed by atoms with Crippen molar-refractivity contribution < 1.29 is 14.4 Å². The van der Waals surface area contributed by atoms with E-state index in [-0.39, 0.29) is 29.1 Å². The molecule has 2 N–H and O–H groups in total. The number of hydrogen-bond acceptors (Lipinski definition) is 6. The van der Waals surface area contributed by atoms with Crippen LogP contribution in [-0.4, -0.2) is 54.6 Å². The lowest BCUT2D eigenvalue weighted by molar-refractivity contribution is -0.120. The maximum absolute atomic E-state index is 13.2. The zero-order valence-corrected chi connectivity index (χ0v) is 21.8. The van der Waals surface area contributed by atoms with Gasteiger partial charge in [0.05, 0.1) is 5.52 Å². The molecule has 1 fully saturated rings. The lowest BCUT2D eigenvalue weighted by Gasteiger charge is -2.23. The average molecular weight is 497 g/mol. The van der Waals surface area contributed by atoms with E-state index in [4.69, 9.17) is 0 Å². The molecule has 1 aliphatic rings. The van der Waals surface area contributed by atoms with Gasteiger partial charge in [0.15, 0.2) is 5.13 Å². The van der Waals surface area contributed by atoms with Gasteiger partial charge in [-0.1, -0.05) is 26.8 Å². The highest BCUT2D eigenvalue weighted by Gasteiger charge is 2.27. The Balaban J connectivity index is 1.69. The molecule has 9 nitrogen and oxygen atoms in total. The quantitative estimate of drug-likeness (QED) is 0.522. The fraction of sp³-hybridized carbons (Fsp3) is 0.440. The third-order valence-electron chi connectivity index (χ3n) is 5.69. The molecule has 3 aromatic rings. The molecule has 186 valence electrons. The van der Waals surface area contributed by atoms with Crippen LogP contribution in [0.5, 0.6) is 0 Å². The smallest absolute Gasteiger partial charge is 0.327 e. The number of hydrogen-bond donors (Lipinski definition) is 2. The van der Waals surface area contributed by atoms with Crippen molar-refractivity contribution in [3.8, 4) is 0 Å². The molecule has 0 atom stereocenters. The van der Waals surface area contributed by atoms with E-state index >= 15 is 0 Å². The standard InChI is InChI=1S/C25H32N6O3S/c1-25(2,3)13-21(32)30(6)17-10-7-15-11-20(28-22(33)18-14-35-24(27-18)29(4)5)31(19(15)12-17)23(34)26-16-8-9-16/h7,10-12,14,16H,8-9,13H2,1-6H3,(H,26,34)(H,28,33). The molecule has 10 heteroatoms. The van der Waals surface area contributed by atoms with Crippen molar-refractivity contribution in [3.63, 3.8) is 0 Å². The molecule has 3 amide bonds. The lowest BCUT2D eigenvalue weighted by Crippen LogP contribution is -2.32. The first kappa shape index (κ1) is 24.7. The molecule has 1 aliphatic carbocycles. The molecule has 2 heterocycles. The molecule has 0 unspecified atom stereocenters. The number of fused-ring (bicyclic) bond motifs is 1. The van der Waals surface area contributed by atoms with Gasteiger partial charge in [0.1, 0.15) is 11.5 Å². The van der Waals surface area contributed by atoms with E-state index in [0.717, 1.165) is 23.4 Å². The summed E-state index contributed by atoms with van der Waals surface area (Å²) in [6, 6.07) is 7.11.